The van der Waals surface area contributed by atoms with Crippen LogP contribution >= 0.6 is 11.8 Å². The van der Waals surface area contributed by atoms with Crippen LogP contribution in [0.5, 0.6) is 0 Å². The molecule has 3 N–H and O–H groups in total. The Kier molecular flexibility index (Phi) is 10.6. The van der Waals surface area contributed by atoms with E-state index in [9.17, 15) is 24.5 Å². The number of benzene rings is 5. The zero-order valence-electron chi connectivity index (χ0n) is 25.3. The number of non-ortho nitro benzene ring substituents is 1. The fraction of sp³-hybridized carbons (Fsp3) is 0.0541. The fourth-order valence-electron chi connectivity index (χ4n) is 4.58. The molecular formula is C37H30N4O5S. The van der Waals surface area contributed by atoms with E-state index in [-0.39, 0.29) is 17.3 Å². The molecule has 5 aromatic carbocycles. The molecule has 0 bridgehead atoms. The van der Waals surface area contributed by atoms with E-state index in [1.165, 1.54) is 42.1 Å². The first kappa shape index (κ1) is 32.4. The van der Waals surface area contributed by atoms with E-state index < -0.39 is 22.0 Å². The second-order valence-electron chi connectivity index (χ2n) is 10.5. The summed E-state index contributed by atoms with van der Waals surface area (Å²) in [6.45, 7) is 1.96. The Hall–Kier alpha value is -6.00. The van der Waals surface area contributed by atoms with Gasteiger partial charge in [0.2, 0.25) is 5.91 Å². The summed E-state index contributed by atoms with van der Waals surface area (Å²) in [7, 11) is 0. The van der Waals surface area contributed by atoms with Crippen LogP contribution in [0.15, 0.2) is 144 Å². The lowest BCUT2D eigenvalue weighted by molar-refractivity contribution is -0.384. The number of rotatable bonds is 11. The number of nitrogens with zero attached hydrogens (tertiary/aromatic N) is 1. The third-order valence-electron chi connectivity index (χ3n) is 6.94. The smallest absolute Gasteiger partial charge is 0.272 e. The van der Waals surface area contributed by atoms with Gasteiger partial charge in [-0.05, 0) is 90.4 Å². The summed E-state index contributed by atoms with van der Waals surface area (Å²) < 4.78 is 0. The Bertz CT molecular complexity index is 1910. The number of aryl methyl sites for hydroxylation is 1. The average Bonchev–Trinajstić information content (AvgIpc) is 3.08. The summed E-state index contributed by atoms with van der Waals surface area (Å²) in [6.07, 6.45) is 1.45. The minimum atomic E-state index is -0.590. The van der Waals surface area contributed by atoms with Gasteiger partial charge in [0, 0.05) is 34.0 Å². The summed E-state index contributed by atoms with van der Waals surface area (Å²) in [4.78, 5) is 51.2. The molecule has 234 valence electrons. The van der Waals surface area contributed by atoms with Gasteiger partial charge in [-0.25, -0.2) is 0 Å². The fourth-order valence-corrected chi connectivity index (χ4v) is 5.61. The monoisotopic (exact) mass is 642 g/mol. The van der Waals surface area contributed by atoms with Crippen LogP contribution in [-0.4, -0.2) is 22.6 Å². The van der Waals surface area contributed by atoms with Crippen LogP contribution in [0.25, 0.3) is 6.08 Å². The van der Waals surface area contributed by atoms with E-state index in [1.807, 2.05) is 61.5 Å². The zero-order chi connectivity index (χ0) is 33.2. The molecule has 0 fully saturated rings. The molecule has 47 heavy (non-hydrogen) atoms. The van der Waals surface area contributed by atoms with Crippen molar-refractivity contribution in [3.8, 4) is 0 Å². The first-order chi connectivity index (χ1) is 22.7. The molecule has 1 atom stereocenters. The van der Waals surface area contributed by atoms with Gasteiger partial charge < -0.3 is 16.0 Å². The Morgan fingerprint density at radius 1 is 0.745 bits per heavy atom. The van der Waals surface area contributed by atoms with Crippen LogP contribution in [0.4, 0.5) is 17.1 Å². The van der Waals surface area contributed by atoms with Gasteiger partial charge in [0.25, 0.3) is 17.5 Å². The topological polar surface area (TPSA) is 130 Å². The Morgan fingerprint density at radius 2 is 1.40 bits per heavy atom. The minimum absolute atomic E-state index is 0.0527. The summed E-state index contributed by atoms with van der Waals surface area (Å²) in [5, 5.41) is 19.0. The van der Waals surface area contributed by atoms with Crippen molar-refractivity contribution >= 4 is 52.6 Å². The van der Waals surface area contributed by atoms with Crippen molar-refractivity contribution < 1.29 is 19.3 Å². The molecule has 5 aromatic rings. The SMILES string of the molecule is Cc1cccc(NC(=O)C(Sc2ccc(NC(=O)/C(=C/c3ccc([N+](=O)[O-])cc3)NC(=O)c3ccccc3)cc2)c2ccccc2)c1. The largest absolute Gasteiger partial charge is 0.325 e. The molecule has 0 aliphatic rings. The number of carbonyl (C=O) groups is 3. The molecule has 0 radical (unpaired) electrons. The lowest BCUT2D eigenvalue weighted by Crippen LogP contribution is -2.30. The Labute approximate surface area is 275 Å². The molecule has 1 unspecified atom stereocenters. The van der Waals surface area contributed by atoms with E-state index >= 15 is 0 Å². The molecule has 0 aliphatic carbocycles. The molecule has 9 nitrogen and oxygen atoms in total. The quantitative estimate of drug-likeness (QED) is 0.0584. The number of amides is 3. The van der Waals surface area contributed by atoms with Crippen LogP contribution in [-0.2, 0) is 9.59 Å². The minimum Gasteiger partial charge on any atom is -0.325 e. The van der Waals surface area contributed by atoms with Crippen molar-refractivity contribution in [3.05, 3.63) is 172 Å². The van der Waals surface area contributed by atoms with Crippen LogP contribution in [0, 0.1) is 17.0 Å². The van der Waals surface area contributed by atoms with Crippen LogP contribution in [0.1, 0.15) is 32.3 Å². The second kappa shape index (κ2) is 15.3. The van der Waals surface area contributed by atoms with Gasteiger partial charge in [-0.3, -0.25) is 24.5 Å². The maximum atomic E-state index is 13.4. The number of nitro groups is 1. The van der Waals surface area contributed by atoms with E-state index in [4.69, 9.17) is 0 Å². The van der Waals surface area contributed by atoms with E-state index in [2.05, 4.69) is 16.0 Å². The van der Waals surface area contributed by atoms with Crippen molar-refractivity contribution in [2.75, 3.05) is 10.6 Å². The number of hydrogen-bond donors (Lipinski definition) is 3. The van der Waals surface area contributed by atoms with Crippen LogP contribution in [0.3, 0.4) is 0 Å². The highest BCUT2D eigenvalue weighted by Crippen LogP contribution is 2.37. The van der Waals surface area contributed by atoms with Crippen molar-refractivity contribution in [2.24, 2.45) is 0 Å². The Balaban J connectivity index is 1.33. The first-order valence-electron chi connectivity index (χ1n) is 14.6. The zero-order valence-corrected chi connectivity index (χ0v) is 26.1. The summed E-state index contributed by atoms with van der Waals surface area (Å²) >= 11 is 1.38. The first-order valence-corrected chi connectivity index (χ1v) is 15.5. The van der Waals surface area contributed by atoms with Crippen molar-refractivity contribution in [1.82, 2.24) is 5.32 Å². The maximum Gasteiger partial charge on any atom is 0.272 e. The van der Waals surface area contributed by atoms with E-state index in [0.717, 1.165) is 16.0 Å². The summed E-state index contributed by atoms with van der Waals surface area (Å²) in [5.74, 6) is -1.25. The van der Waals surface area contributed by atoms with Gasteiger partial charge >= 0.3 is 0 Å². The van der Waals surface area contributed by atoms with Crippen molar-refractivity contribution in [3.63, 3.8) is 0 Å². The lowest BCUT2D eigenvalue weighted by Gasteiger charge is -2.18. The van der Waals surface area contributed by atoms with Crippen LogP contribution in [0.2, 0.25) is 0 Å². The highest BCUT2D eigenvalue weighted by atomic mass is 32.2. The average molecular weight is 643 g/mol. The van der Waals surface area contributed by atoms with Crippen molar-refractivity contribution in [2.45, 2.75) is 17.1 Å². The third-order valence-corrected chi connectivity index (χ3v) is 8.20. The molecule has 0 aliphatic heterocycles. The van der Waals surface area contributed by atoms with E-state index in [0.29, 0.717) is 22.5 Å². The molecule has 0 spiro atoms. The number of nitro benzene ring substituents is 1. The number of hydrogen-bond acceptors (Lipinski definition) is 6. The predicted octanol–water partition coefficient (Wildman–Crippen LogP) is 7.78. The van der Waals surface area contributed by atoms with Crippen molar-refractivity contribution in [1.29, 1.82) is 0 Å². The van der Waals surface area contributed by atoms with Gasteiger partial charge in [-0.1, -0.05) is 60.7 Å². The van der Waals surface area contributed by atoms with E-state index in [1.54, 1.807) is 54.6 Å². The second-order valence-corrected chi connectivity index (χ2v) is 11.7. The number of anilines is 2. The molecule has 3 amide bonds. The van der Waals surface area contributed by atoms with Gasteiger partial charge in [-0.15, -0.1) is 11.8 Å². The summed E-state index contributed by atoms with van der Waals surface area (Å²) in [6, 6.07) is 38.2. The lowest BCUT2D eigenvalue weighted by atomic mass is 10.1. The molecule has 10 heteroatoms. The molecule has 0 saturated carbocycles. The number of carbonyl (C=O) groups excluding carboxylic acids is 3. The molecular weight excluding hydrogens is 612 g/mol. The van der Waals surface area contributed by atoms with Gasteiger partial charge in [0.1, 0.15) is 10.9 Å². The summed E-state index contributed by atoms with van der Waals surface area (Å²) in [5.41, 5.74) is 3.75. The number of nitrogens with one attached hydrogen (secondary N) is 3. The highest BCUT2D eigenvalue weighted by molar-refractivity contribution is 8.00. The molecule has 0 heterocycles. The van der Waals surface area contributed by atoms with Crippen LogP contribution < -0.4 is 16.0 Å². The highest BCUT2D eigenvalue weighted by Gasteiger charge is 2.23. The maximum absolute atomic E-state index is 13.4. The standard InChI is InChI=1S/C37H30N4O5S/c1-25-9-8-14-30(23-25)39-37(44)34(27-10-4-2-5-11-27)47-32-21-17-29(18-22-32)38-36(43)33(40-35(42)28-12-6-3-7-13-28)24-26-15-19-31(20-16-26)41(45)46/h2-24,34H,1H3,(H,38,43)(H,39,44)(H,40,42)/b33-24-. The third kappa shape index (κ3) is 9.03. The molecule has 5 rings (SSSR count). The molecule has 0 saturated heterocycles. The van der Waals surface area contributed by atoms with Gasteiger partial charge in [0.05, 0.1) is 4.92 Å². The normalized spacial score (nSPS) is 11.6. The Morgan fingerprint density at radius 3 is 2.04 bits per heavy atom. The predicted molar refractivity (Wildman–Crippen MR) is 185 cm³/mol. The van der Waals surface area contributed by atoms with Gasteiger partial charge in [-0.2, -0.15) is 0 Å². The van der Waals surface area contributed by atoms with Gasteiger partial charge in [0.15, 0.2) is 0 Å². The molecule has 0 aromatic heterocycles. The number of thioether (sulfide) groups is 1.